The Kier molecular flexibility index (Phi) is 7.08. The van der Waals surface area contributed by atoms with Crippen LogP contribution in [0, 0.1) is 25.2 Å². The molecule has 9 heteroatoms. The molecule has 6 nitrogen and oxygen atoms in total. The maximum Gasteiger partial charge on any atom is 0.417 e. The third kappa shape index (κ3) is 5.44. The Balaban J connectivity index is 1.84. The number of amides is 1. The third-order valence-electron chi connectivity index (χ3n) is 6.15. The molecule has 0 spiro atoms. The lowest BCUT2D eigenvalue weighted by Crippen LogP contribution is -2.24. The Morgan fingerprint density at radius 3 is 2.26 bits per heavy atom. The van der Waals surface area contributed by atoms with E-state index in [2.05, 4.69) is 10.3 Å². The summed E-state index contributed by atoms with van der Waals surface area (Å²) in [5.74, 6) is -1.42. The molecule has 1 unspecified atom stereocenters. The van der Waals surface area contributed by atoms with Crippen molar-refractivity contribution in [2.45, 2.75) is 25.9 Å². The summed E-state index contributed by atoms with van der Waals surface area (Å²) in [4.78, 5) is 26.7. The van der Waals surface area contributed by atoms with E-state index in [1.807, 2.05) is 13.0 Å². The fraction of sp³-hybridized carbons (Fsp3) is 0.138. The van der Waals surface area contributed by atoms with Gasteiger partial charge >= 0.3 is 12.3 Å². The van der Waals surface area contributed by atoms with Crippen molar-refractivity contribution in [3.05, 3.63) is 111 Å². The van der Waals surface area contributed by atoms with Crippen molar-refractivity contribution in [1.82, 2.24) is 4.98 Å². The van der Waals surface area contributed by atoms with Crippen LogP contribution in [0.15, 0.2) is 77.6 Å². The van der Waals surface area contributed by atoms with E-state index in [4.69, 9.17) is 5.11 Å². The van der Waals surface area contributed by atoms with Crippen molar-refractivity contribution in [3.63, 3.8) is 0 Å². The summed E-state index contributed by atoms with van der Waals surface area (Å²) in [6.45, 7) is 3.52. The summed E-state index contributed by atoms with van der Waals surface area (Å²) in [6.07, 6.45) is -6.12. The van der Waals surface area contributed by atoms with Gasteiger partial charge in [-0.1, -0.05) is 54.1 Å². The first kappa shape index (κ1) is 26.2. The molecular weight excluding hydrogens is 495 g/mol. The Morgan fingerprint density at radius 1 is 0.974 bits per heavy atom. The molecule has 0 saturated carbocycles. The van der Waals surface area contributed by atoms with Crippen molar-refractivity contribution in [1.29, 1.82) is 5.26 Å². The second-order valence-corrected chi connectivity index (χ2v) is 8.85. The molecule has 4 rings (SSSR count). The highest BCUT2D eigenvalue weighted by atomic mass is 19.4. The summed E-state index contributed by atoms with van der Waals surface area (Å²) in [7, 11) is 0. The molecule has 1 heterocycles. The van der Waals surface area contributed by atoms with E-state index in [1.165, 1.54) is 0 Å². The predicted octanol–water partition coefficient (Wildman–Crippen LogP) is 7.09. The van der Waals surface area contributed by atoms with Crippen LogP contribution in [0.4, 0.5) is 23.7 Å². The molecule has 0 radical (unpaired) electrons. The maximum atomic E-state index is 14.3. The largest absolute Gasteiger partial charge is 0.465 e. The number of hydrogen-bond acceptors (Lipinski definition) is 3. The van der Waals surface area contributed by atoms with Crippen molar-refractivity contribution < 1.29 is 23.1 Å². The van der Waals surface area contributed by atoms with E-state index >= 15 is 0 Å². The van der Waals surface area contributed by atoms with Gasteiger partial charge in [-0.2, -0.15) is 18.4 Å². The number of aromatic nitrogens is 1. The maximum absolute atomic E-state index is 14.3. The van der Waals surface area contributed by atoms with Crippen LogP contribution in [0.2, 0.25) is 0 Å². The zero-order valence-electron chi connectivity index (χ0n) is 20.4. The van der Waals surface area contributed by atoms with Crippen LogP contribution in [0.25, 0.3) is 22.4 Å². The SMILES string of the molecule is Cc1ccc(C(C#N)c2c(C(F)(F)F)cc(-c3cccc(-c4cccc(NC(=O)O)c4)c3)[nH]c2=O)c(C)c1. The number of alkyl halides is 3. The van der Waals surface area contributed by atoms with Crippen LogP contribution in [-0.4, -0.2) is 16.2 Å². The molecule has 0 bridgehead atoms. The number of carbonyl (C=O) groups is 1. The number of nitrogens with one attached hydrogen (secondary N) is 2. The zero-order valence-corrected chi connectivity index (χ0v) is 20.4. The fourth-order valence-electron chi connectivity index (χ4n) is 4.45. The van der Waals surface area contributed by atoms with Gasteiger partial charge in [0.05, 0.1) is 17.2 Å². The summed E-state index contributed by atoms with van der Waals surface area (Å²) in [5.41, 5.74) is 0.781. The second kappa shape index (κ2) is 10.3. The fourth-order valence-corrected chi connectivity index (χ4v) is 4.45. The Labute approximate surface area is 216 Å². The monoisotopic (exact) mass is 517 g/mol. The van der Waals surface area contributed by atoms with Crippen LogP contribution >= 0.6 is 0 Å². The van der Waals surface area contributed by atoms with Crippen LogP contribution in [0.5, 0.6) is 0 Å². The highest BCUT2D eigenvalue weighted by molar-refractivity contribution is 5.84. The predicted molar refractivity (Wildman–Crippen MR) is 138 cm³/mol. The number of hydrogen-bond donors (Lipinski definition) is 3. The molecule has 1 aromatic heterocycles. The van der Waals surface area contributed by atoms with Crippen LogP contribution < -0.4 is 10.9 Å². The molecule has 1 atom stereocenters. The van der Waals surface area contributed by atoms with Gasteiger partial charge in [-0.25, -0.2) is 4.79 Å². The number of halogens is 3. The normalized spacial score (nSPS) is 12.0. The average Bonchev–Trinajstić information content (AvgIpc) is 2.85. The summed E-state index contributed by atoms with van der Waals surface area (Å²) in [5, 5.41) is 21.1. The number of anilines is 1. The lowest BCUT2D eigenvalue weighted by molar-refractivity contribution is -0.138. The van der Waals surface area contributed by atoms with Gasteiger partial charge in [-0.3, -0.25) is 10.1 Å². The first-order valence-electron chi connectivity index (χ1n) is 11.5. The second-order valence-electron chi connectivity index (χ2n) is 8.85. The van der Waals surface area contributed by atoms with Gasteiger partial charge < -0.3 is 10.1 Å². The number of rotatable bonds is 5. The molecule has 4 aromatic rings. The number of nitrogens with zero attached hydrogens (tertiary/aromatic N) is 1. The highest BCUT2D eigenvalue weighted by Gasteiger charge is 2.38. The van der Waals surface area contributed by atoms with Crippen molar-refractivity contribution >= 4 is 11.8 Å². The molecule has 0 aliphatic heterocycles. The minimum atomic E-state index is -4.89. The lowest BCUT2D eigenvalue weighted by atomic mass is 9.86. The number of H-pyrrole nitrogens is 1. The zero-order chi connectivity index (χ0) is 27.6. The van der Waals surface area contributed by atoms with E-state index in [0.717, 1.165) is 11.6 Å². The number of aromatic amines is 1. The minimum Gasteiger partial charge on any atom is -0.465 e. The van der Waals surface area contributed by atoms with Gasteiger partial charge in [0.2, 0.25) is 0 Å². The van der Waals surface area contributed by atoms with E-state index in [1.54, 1.807) is 73.7 Å². The van der Waals surface area contributed by atoms with E-state index in [-0.39, 0.29) is 5.69 Å². The van der Waals surface area contributed by atoms with E-state index in [9.17, 15) is 28.0 Å². The highest BCUT2D eigenvalue weighted by Crippen LogP contribution is 2.38. The third-order valence-corrected chi connectivity index (χ3v) is 6.15. The molecule has 3 aromatic carbocycles. The van der Waals surface area contributed by atoms with Crippen molar-refractivity contribution in [2.24, 2.45) is 0 Å². The Bertz CT molecular complexity index is 1630. The molecule has 3 N–H and O–H groups in total. The molecular formula is C29H22F3N3O3. The van der Waals surface area contributed by atoms with Gasteiger partial charge in [0.15, 0.2) is 0 Å². The van der Waals surface area contributed by atoms with Gasteiger partial charge in [-0.05, 0) is 65.9 Å². The van der Waals surface area contributed by atoms with Gasteiger partial charge in [0, 0.05) is 11.4 Å². The van der Waals surface area contributed by atoms with Crippen molar-refractivity contribution in [2.75, 3.05) is 5.32 Å². The standard InChI is InChI=1S/C29H22F3N3O3/c1-16-9-10-22(17(2)11-16)23(15-33)26-24(29(30,31)32)14-25(35-27(26)36)20-7-3-5-18(12-20)19-6-4-8-21(13-19)34-28(37)38/h3-14,23,34H,1-2H3,(H,35,36)(H,37,38). The molecule has 0 aliphatic rings. The first-order valence-corrected chi connectivity index (χ1v) is 11.5. The average molecular weight is 518 g/mol. The van der Waals surface area contributed by atoms with Crippen LogP contribution in [0.3, 0.4) is 0 Å². The molecule has 0 aliphatic carbocycles. The van der Waals surface area contributed by atoms with Crippen molar-refractivity contribution in [3.8, 4) is 28.5 Å². The summed E-state index contributed by atoms with van der Waals surface area (Å²) >= 11 is 0. The van der Waals surface area contributed by atoms with E-state index < -0.39 is 34.9 Å². The topological polar surface area (TPSA) is 106 Å². The van der Waals surface area contributed by atoms with Crippen LogP contribution in [-0.2, 0) is 6.18 Å². The molecule has 38 heavy (non-hydrogen) atoms. The van der Waals surface area contributed by atoms with Gasteiger partial charge in [0.1, 0.15) is 5.92 Å². The number of carboxylic acid groups (broad SMARTS) is 1. The van der Waals surface area contributed by atoms with Gasteiger partial charge in [-0.15, -0.1) is 0 Å². The number of pyridine rings is 1. The summed E-state index contributed by atoms with van der Waals surface area (Å²) in [6, 6.07) is 20.8. The Morgan fingerprint density at radius 2 is 1.63 bits per heavy atom. The first-order chi connectivity index (χ1) is 18.0. The van der Waals surface area contributed by atoms with Crippen LogP contribution in [0.1, 0.15) is 33.7 Å². The smallest absolute Gasteiger partial charge is 0.417 e. The summed E-state index contributed by atoms with van der Waals surface area (Å²) < 4.78 is 42.8. The lowest BCUT2D eigenvalue weighted by Gasteiger charge is -2.19. The van der Waals surface area contributed by atoms with E-state index in [0.29, 0.717) is 33.5 Å². The molecule has 192 valence electrons. The molecule has 0 saturated heterocycles. The number of nitriles is 1. The number of aryl methyl sites for hydroxylation is 2. The Hall–Kier alpha value is -4.84. The molecule has 0 fully saturated rings. The molecule has 1 amide bonds. The number of benzene rings is 3. The minimum absolute atomic E-state index is 0.0648. The van der Waals surface area contributed by atoms with Gasteiger partial charge in [0.25, 0.3) is 5.56 Å². The quantitative estimate of drug-likeness (QED) is 0.263.